The summed E-state index contributed by atoms with van der Waals surface area (Å²) in [6, 6.07) is 13.4. The highest BCUT2D eigenvalue weighted by Gasteiger charge is 2.32. The minimum atomic E-state index is -0.204. The molecule has 1 aliphatic rings. The molecule has 0 saturated heterocycles. The Hall–Kier alpha value is -2.07. The smallest absolute Gasteiger partial charge is 0.169 e. The Balaban J connectivity index is 1.98. The number of nitrogens with two attached hydrogens (primary N) is 1. The molecule has 0 fully saturated rings. The molecule has 2 aromatic rings. The number of hydrogen-bond acceptors (Lipinski definition) is 3. The van der Waals surface area contributed by atoms with Gasteiger partial charge in [-0.3, -0.25) is 0 Å². The van der Waals surface area contributed by atoms with Gasteiger partial charge in [-0.2, -0.15) is 0 Å². The summed E-state index contributed by atoms with van der Waals surface area (Å²) in [5.41, 5.74) is 7.42. The van der Waals surface area contributed by atoms with Crippen LogP contribution in [0, 0.1) is 0 Å². The molecule has 0 unspecified atom stereocenters. The summed E-state index contributed by atoms with van der Waals surface area (Å²) in [6.45, 7) is 4.14. The van der Waals surface area contributed by atoms with Gasteiger partial charge in [0.05, 0.1) is 5.56 Å². The normalized spacial score (nSPS) is 15.1. The lowest BCUT2D eigenvalue weighted by atomic mass is 10.0. The summed E-state index contributed by atoms with van der Waals surface area (Å²) in [5.74, 6) is 2.15. The Morgan fingerprint density at radius 3 is 2.62 bits per heavy atom. The van der Waals surface area contributed by atoms with Crippen LogP contribution in [-0.4, -0.2) is 10.6 Å². The number of hydrogen-bond donors (Lipinski definition) is 1. The second kappa shape index (κ2) is 5.04. The number of fused-ring (bicyclic) bond motifs is 1. The van der Waals surface area contributed by atoms with Crippen molar-refractivity contribution < 1.29 is 9.47 Å². The van der Waals surface area contributed by atoms with Crippen molar-refractivity contribution >= 4 is 17.2 Å². The van der Waals surface area contributed by atoms with Gasteiger partial charge in [0.25, 0.3) is 0 Å². The van der Waals surface area contributed by atoms with E-state index in [0.717, 1.165) is 23.3 Å². The molecule has 1 aliphatic heterocycles. The molecule has 0 atom stereocenters. The van der Waals surface area contributed by atoms with Crippen molar-refractivity contribution in [3.8, 4) is 17.2 Å². The quantitative estimate of drug-likeness (QED) is 0.875. The van der Waals surface area contributed by atoms with Crippen LogP contribution in [0.4, 0.5) is 0 Å². The maximum absolute atomic E-state index is 6.01. The van der Waals surface area contributed by atoms with E-state index in [1.54, 1.807) is 0 Å². The minimum Gasteiger partial charge on any atom is -0.483 e. The topological polar surface area (TPSA) is 44.5 Å². The van der Waals surface area contributed by atoms with Crippen LogP contribution < -0.4 is 15.2 Å². The van der Waals surface area contributed by atoms with E-state index < -0.39 is 0 Å². The van der Waals surface area contributed by atoms with Crippen molar-refractivity contribution in [3.63, 3.8) is 0 Å². The first kappa shape index (κ1) is 13.9. The van der Waals surface area contributed by atoms with Crippen LogP contribution in [0.15, 0.2) is 42.5 Å². The summed E-state index contributed by atoms with van der Waals surface area (Å²) in [4.78, 5) is 0.319. The van der Waals surface area contributed by atoms with Crippen LogP contribution in [0.2, 0.25) is 0 Å². The molecule has 2 aromatic carbocycles. The molecule has 0 radical (unpaired) electrons. The molecule has 0 aromatic heterocycles. The maximum Gasteiger partial charge on any atom is 0.169 e. The average molecular weight is 299 g/mol. The van der Waals surface area contributed by atoms with Crippen LogP contribution >= 0.6 is 12.2 Å². The molecule has 108 valence electrons. The Bertz CT molecular complexity index is 710. The molecule has 4 heteroatoms. The maximum atomic E-state index is 6.01. The Labute approximate surface area is 129 Å². The van der Waals surface area contributed by atoms with Crippen LogP contribution in [0.25, 0.3) is 0 Å². The van der Waals surface area contributed by atoms with Gasteiger partial charge >= 0.3 is 0 Å². The van der Waals surface area contributed by atoms with Gasteiger partial charge in [0.2, 0.25) is 0 Å². The first-order valence-electron chi connectivity index (χ1n) is 6.84. The highest BCUT2D eigenvalue weighted by Crippen LogP contribution is 2.43. The zero-order chi connectivity index (χ0) is 15.0. The van der Waals surface area contributed by atoms with Crippen LogP contribution in [0.5, 0.6) is 17.2 Å². The lowest BCUT2D eigenvalue weighted by molar-refractivity contribution is 0.135. The zero-order valence-electron chi connectivity index (χ0n) is 12.1. The van der Waals surface area contributed by atoms with Gasteiger partial charge in [-0.15, -0.1) is 0 Å². The van der Waals surface area contributed by atoms with Crippen molar-refractivity contribution in [2.24, 2.45) is 5.73 Å². The fourth-order valence-corrected chi connectivity index (χ4v) is 2.71. The van der Waals surface area contributed by atoms with E-state index in [1.165, 1.54) is 0 Å². The average Bonchev–Trinajstić information content (AvgIpc) is 2.74. The second-order valence-corrected chi connectivity index (χ2v) is 6.19. The van der Waals surface area contributed by atoms with Crippen molar-refractivity contribution in [2.45, 2.75) is 25.9 Å². The molecular formula is C17H17NO2S. The van der Waals surface area contributed by atoms with Crippen molar-refractivity contribution in [1.82, 2.24) is 0 Å². The molecule has 21 heavy (non-hydrogen) atoms. The zero-order valence-corrected chi connectivity index (χ0v) is 12.9. The predicted octanol–water partition coefficient (Wildman–Crippen LogP) is 3.83. The van der Waals surface area contributed by atoms with Crippen LogP contribution in [0.1, 0.15) is 25.0 Å². The SMILES string of the molecule is CC1(C)Cc2cccc(Oc3ccccc3C(N)=S)c2O1. The fraction of sp³-hybridized carbons (Fsp3) is 0.235. The molecule has 0 bridgehead atoms. The first-order valence-corrected chi connectivity index (χ1v) is 7.25. The molecular weight excluding hydrogens is 282 g/mol. The second-order valence-electron chi connectivity index (χ2n) is 5.75. The summed E-state index contributed by atoms with van der Waals surface area (Å²) < 4.78 is 12.0. The van der Waals surface area contributed by atoms with Crippen molar-refractivity contribution in [2.75, 3.05) is 0 Å². The van der Waals surface area contributed by atoms with Gasteiger partial charge in [-0.05, 0) is 32.0 Å². The Kier molecular flexibility index (Phi) is 3.33. The third-order valence-corrected chi connectivity index (χ3v) is 3.65. The third kappa shape index (κ3) is 2.72. The molecule has 1 heterocycles. The summed E-state index contributed by atoms with van der Waals surface area (Å²) >= 11 is 5.07. The van der Waals surface area contributed by atoms with Gasteiger partial charge < -0.3 is 15.2 Å². The molecule has 0 saturated carbocycles. The van der Waals surface area contributed by atoms with E-state index in [4.69, 9.17) is 27.4 Å². The van der Waals surface area contributed by atoms with Crippen LogP contribution in [0.3, 0.4) is 0 Å². The van der Waals surface area contributed by atoms with Crippen molar-refractivity contribution in [1.29, 1.82) is 0 Å². The summed E-state index contributed by atoms with van der Waals surface area (Å²) in [7, 11) is 0. The van der Waals surface area contributed by atoms with Gasteiger partial charge in [0.1, 0.15) is 16.3 Å². The summed E-state index contributed by atoms with van der Waals surface area (Å²) in [5, 5.41) is 0. The molecule has 3 nitrogen and oxygen atoms in total. The molecule has 0 aliphatic carbocycles. The van der Waals surface area contributed by atoms with Gasteiger partial charge in [0, 0.05) is 12.0 Å². The Morgan fingerprint density at radius 1 is 1.14 bits per heavy atom. The molecule has 0 spiro atoms. The van der Waals surface area contributed by atoms with Crippen LogP contribution in [-0.2, 0) is 6.42 Å². The minimum absolute atomic E-state index is 0.204. The number of para-hydroxylation sites is 2. The van der Waals surface area contributed by atoms with E-state index in [1.807, 2.05) is 36.4 Å². The largest absolute Gasteiger partial charge is 0.483 e. The lowest BCUT2D eigenvalue weighted by Crippen LogP contribution is -2.24. The standard InChI is InChI=1S/C17H17NO2S/c1-17(2)10-11-6-5-9-14(15(11)20-17)19-13-8-4-3-7-12(13)16(18)21/h3-9H,10H2,1-2H3,(H2,18,21). The van der Waals surface area contributed by atoms with Crippen molar-refractivity contribution in [3.05, 3.63) is 53.6 Å². The Morgan fingerprint density at radius 2 is 1.86 bits per heavy atom. The fourth-order valence-electron chi connectivity index (χ4n) is 2.55. The van der Waals surface area contributed by atoms with E-state index in [0.29, 0.717) is 16.5 Å². The summed E-state index contributed by atoms with van der Waals surface area (Å²) in [6.07, 6.45) is 0.872. The number of ether oxygens (including phenoxy) is 2. The van der Waals surface area contributed by atoms with Gasteiger partial charge in [-0.1, -0.05) is 36.5 Å². The monoisotopic (exact) mass is 299 g/mol. The molecule has 3 rings (SSSR count). The molecule has 2 N–H and O–H groups in total. The van der Waals surface area contributed by atoms with Gasteiger partial charge in [0.15, 0.2) is 11.5 Å². The van der Waals surface area contributed by atoms with E-state index in [9.17, 15) is 0 Å². The van der Waals surface area contributed by atoms with E-state index in [2.05, 4.69) is 19.9 Å². The van der Waals surface area contributed by atoms with E-state index in [-0.39, 0.29) is 5.60 Å². The highest BCUT2D eigenvalue weighted by molar-refractivity contribution is 7.80. The lowest BCUT2D eigenvalue weighted by Gasteiger charge is -2.18. The number of thiocarbonyl (C=S) groups is 1. The number of rotatable bonds is 3. The predicted molar refractivity (Wildman–Crippen MR) is 87.3 cm³/mol. The third-order valence-electron chi connectivity index (χ3n) is 3.43. The van der Waals surface area contributed by atoms with E-state index >= 15 is 0 Å². The molecule has 0 amide bonds. The first-order chi connectivity index (χ1) is 9.96. The van der Waals surface area contributed by atoms with Gasteiger partial charge in [-0.25, -0.2) is 0 Å². The highest BCUT2D eigenvalue weighted by atomic mass is 32.1. The number of benzene rings is 2.